The van der Waals surface area contributed by atoms with Crippen molar-refractivity contribution in [3.8, 4) is 6.07 Å². The Bertz CT molecular complexity index is 479. The van der Waals surface area contributed by atoms with E-state index < -0.39 is 11.8 Å². The van der Waals surface area contributed by atoms with Crippen LogP contribution in [0.3, 0.4) is 0 Å². The summed E-state index contributed by atoms with van der Waals surface area (Å²) in [5.41, 5.74) is 0. The second-order valence-electron chi connectivity index (χ2n) is 3.70. The third-order valence-corrected chi connectivity index (χ3v) is 4.12. The zero-order valence-corrected chi connectivity index (χ0v) is 12.3. The number of carbonyl (C=O) groups is 2. The number of thiophene rings is 1. The number of hydrogen-bond acceptors (Lipinski definition) is 4. The van der Waals surface area contributed by atoms with Crippen LogP contribution in [0.25, 0.3) is 0 Å². The first-order chi connectivity index (χ1) is 8.58. The maximum Gasteiger partial charge on any atom is 0.244 e. The first-order valence-corrected chi connectivity index (χ1v) is 7.07. The van der Waals surface area contributed by atoms with Gasteiger partial charge in [-0.25, -0.2) is 0 Å². The summed E-state index contributed by atoms with van der Waals surface area (Å²) in [6.45, 7) is 0. The Balaban J connectivity index is 2.41. The molecule has 1 aromatic heterocycles. The number of nitrogens with one attached hydrogen (secondary N) is 1. The summed E-state index contributed by atoms with van der Waals surface area (Å²) >= 11 is 5.00. The molecule has 0 spiro atoms. The minimum absolute atomic E-state index is 0.251. The highest BCUT2D eigenvalue weighted by Gasteiger charge is 2.24. The molecule has 1 heterocycles. The average Bonchev–Trinajstić information content (AvgIpc) is 2.75. The smallest absolute Gasteiger partial charge is 0.244 e. The molecule has 0 aliphatic rings. The van der Waals surface area contributed by atoms with E-state index in [2.05, 4.69) is 21.2 Å². The van der Waals surface area contributed by atoms with Gasteiger partial charge in [-0.1, -0.05) is 0 Å². The fourth-order valence-corrected chi connectivity index (χ4v) is 3.01. The van der Waals surface area contributed by atoms with E-state index in [1.165, 1.54) is 11.9 Å². The van der Waals surface area contributed by atoms with Crippen molar-refractivity contribution in [2.24, 2.45) is 5.92 Å². The molecule has 1 rings (SSSR count). The van der Waals surface area contributed by atoms with Crippen molar-refractivity contribution >= 4 is 39.0 Å². The Morgan fingerprint density at radius 2 is 2.28 bits per heavy atom. The zero-order valence-electron chi connectivity index (χ0n) is 9.90. The maximum atomic E-state index is 11.7. The molecular weight excluding hydrogens is 316 g/mol. The first-order valence-electron chi connectivity index (χ1n) is 5.46. The molecule has 1 atom stereocenters. The Morgan fingerprint density at radius 1 is 1.56 bits per heavy atom. The first kappa shape index (κ1) is 14.9. The molecule has 96 valence electrons. The van der Waals surface area contributed by atoms with Crippen LogP contribution in [0.1, 0.15) is 17.7 Å². The lowest BCUT2D eigenvalue weighted by atomic mass is 10.00. The Hall–Kier alpha value is -1.19. The molecule has 0 radical (unpaired) electrons. The van der Waals surface area contributed by atoms with Gasteiger partial charge in [0.2, 0.25) is 5.91 Å². The molecule has 0 fully saturated rings. The highest BCUT2D eigenvalue weighted by molar-refractivity contribution is 9.11. The van der Waals surface area contributed by atoms with E-state index in [-0.39, 0.29) is 12.2 Å². The number of amides is 1. The topological polar surface area (TPSA) is 70.0 Å². The van der Waals surface area contributed by atoms with Crippen LogP contribution in [0.4, 0.5) is 0 Å². The fourth-order valence-electron chi connectivity index (χ4n) is 1.49. The van der Waals surface area contributed by atoms with Crippen molar-refractivity contribution in [2.75, 3.05) is 7.05 Å². The summed E-state index contributed by atoms with van der Waals surface area (Å²) in [6, 6.07) is 5.70. The molecule has 1 amide bonds. The summed E-state index contributed by atoms with van der Waals surface area (Å²) in [5.74, 6) is -2.01. The molecule has 18 heavy (non-hydrogen) atoms. The monoisotopic (exact) mass is 328 g/mol. The van der Waals surface area contributed by atoms with E-state index >= 15 is 0 Å². The number of hydrogen-bond donors (Lipinski definition) is 1. The predicted octanol–water partition coefficient (Wildman–Crippen LogP) is 2.29. The Morgan fingerprint density at radius 3 is 2.78 bits per heavy atom. The van der Waals surface area contributed by atoms with E-state index in [1.54, 1.807) is 17.4 Å². The molecule has 0 aliphatic carbocycles. The van der Waals surface area contributed by atoms with Crippen LogP contribution >= 0.6 is 27.3 Å². The van der Waals surface area contributed by atoms with Gasteiger partial charge in [-0.15, -0.1) is 11.3 Å². The predicted molar refractivity (Wildman–Crippen MR) is 73.1 cm³/mol. The van der Waals surface area contributed by atoms with Crippen LogP contribution in [0.15, 0.2) is 15.9 Å². The van der Waals surface area contributed by atoms with Crippen LogP contribution in [0, 0.1) is 17.2 Å². The number of ketones is 1. The molecule has 4 nitrogen and oxygen atoms in total. The van der Waals surface area contributed by atoms with Crippen LogP contribution in [-0.2, 0) is 16.0 Å². The van der Waals surface area contributed by atoms with Crippen LogP contribution in [0.2, 0.25) is 0 Å². The van der Waals surface area contributed by atoms with E-state index in [1.807, 2.05) is 12.1 Å². The summed E-state index contributed by atoms with van der Waals surface area (Å²) in [5, 5.41) is 11.1. The lowest BCUT2D eigenvalue weighted by Gasteiger charge is -2.05. The van der Waals surface area contributed by atoms with Crippen LogP contribution in [0.5, 0.6) is 0 Å². The number of carbonyl (C=O) groups excluding carboxylic acids is 2. The molecule has 0 aromatic carbocycles. The number of Topliss-reactive ketones (excluding diaryl/α,β-unsaturated/α-hetero) is 1. The SMILES string of the molecule is CNC(=O)C(C#N)C(=O)CCCc1ccc(Br)s1. The third kappa shape index (κ3) is 4.24. The Kier molecular flexibility index (Phi) is 6.02. The van der Waals surface area contributed by atoms with Crippen molar-refractivity contribution < 1.29 is 9.59 Å². The standard InChI is InChI=1S/C12H13BrN2O2S/c1-15-12(17)9(7-14)10(16)4-2-3-8-5-6-11(13)18-8/h5-6,9H,2-4H2,1H3,(H,15,17). The van der Waals surface area contributed by atoms with Gasteiger partial charge in [0.05, 0.1) is 9.86 Å². The number of nitriles is 1. The lowest BCUT2D eigenvalue weighted by Crippen LogP contribution is -2.32. The average molecular weight is 329 g/mol. The largest absolute Gasteiger partial charge is 0.358 e. The Labute approximate surface area is 118 Å². The van der Waals surface area contributed by atoms with Crippen LogP contribution < -0.4 is 5.32 Å². The van der Waals surface area contributed by atoms with E-state index in [9.17, 15) is 9.59 Å². The zero-order chi connectivity index (χ0) is 13.5. The molecule has 6 heteroatoms. The molecule has 1 aromatic rings. The minimum Gasteiger partial charge on any atom is -0.358 e. The molecule has 0 saturated heterocycles. The minimum atomic E-state index is -1.18. The molecule has 0 bridgehead atoms. The van der Waals surface area contributed by atoms with Gasteiger partial charge in [0.1, 0.15) is 0 Å². The molecule has 1 unspecified atom stereocenters. The molecule has 1 N–H and O–H groups in total. The summed E-state index contributed by atoms with van der Waals surface area (Å²) in [4.78, 5) is 24.1. The van der Waals surface area contributed by atoms with Gasteiger partial charge in [0, 0.05) is 18.3 Å². The van der Waals surface area contributed by atoms with Gasteiger partial charge >= 0.3 is 0 Å². The number of rotatable bonds is 6. The van der Waals surface area contributed by atoms with Gasteiger partial charge < -0.3 is 5.32 Å². The van der Waals surface area contributed by atoms with E-state index in [4.69, 9.17) is 5.26 Å². The quantitative estimate of drug-likeness (QED) is 0.814. The van der Waals surface area contributed by atoms with Gasteiger partial charge in [0.15, 0.2) is 11.7 Å². The van der Waals surface area contributed by atoms with Gasteiger partial charge in [-0.05, 0) is 40.9 Å². The molecule has 0 aliphatic heterocycles. The molecule has 0 saturated carbocycles. The normalized spacial score (nSPS) is 11.6. The van der Waals surface area contributed by atoms with Gasteiger partial charge in [-0.2, -0.15) is 5.26 Å². The van der Waals surface area contributed by atoms with Crippen molar-refractivity contribution in [3.05, 3.63) is 20.8 Å². The number of aryl methyl sites for hydroxylation is 1. The highest BCUT2D eigenvalue weighted by Crippen LogP contribution is 2.23. The number of halogens is 1. The summed E-state index contributed by atoms with van der Waals surface area (Å²) in [7, 11) is 1.42. The second-order valence-corrected chi connectivity index (χ2v) is 6.25. The fraction of sp³-hybridized carbons (Fsp3) is 0.417. The second kappa shape index (κ2) is 7.29. The van der Waals surface area contributed by atoms with Crippen molar-refractivity contribution in [3.63, 3.8) is 0 Å². The van der Waals surface area contributed by atoms with Crippen LogP contribution in [-0.4, -0.2) is 18.7 Å². The third-order valence-electron chi connectivity index (χ3n) is 2.43. The van der Waals surface area contributed by atoms with Gasteiger partial charge in [-0.3, -0.25) is 9.59 Å². The summed E-state index contributed by atoms with van der Waals surface area (Å²) < 4.78 is 1.06. The number of nitrogens with zero attached hydrogens (tertiary/aromatic N) is 1. The van der Waals surface area contributed by atoms with E-state index in [0.717, 1.165) is 10.2 Å². The highest BCUT2D eigenvalue weighted by atomic mass is 79.9. The van der Waals surface area contributed by atoms with E-state index in [0.29, 0.717) is 6.42 Å². The molecular formula is C12H13BrN2O2S. The van der Waals surface area contributed by atoms with Gasteiger partial charge in [0.25, 0.3) is 0 Å². The maximum absolute atomic E-state index is 11.7. The van der Waals surface area contributed by atoms with Crippen molar-refractivity contribution in [2.45, 2.75) is 19.3 Å². The van der Waals surface area contributed by atoms with Crippen molar-refractivity contribution in [1.29, 1.82) is 5.26 Å². The van der Waals surface area contributed by atoms with Crippen molar-refractivity contribution in [1.82, 2.24) is 5.32 Å². The summed E-state index contributed by atoms with van der Waals surface area (Å²) in [6.07, 6.45) is 1.69. The lowest BCUT2D eigenvalue weighted by molar-refractivity contribution is -0.131.